The first-order valence-electron chi connectivity index (χ1n) is 11.0. The summed E-state index contributed by atoms with van der Waals surface area (Å²) in [5.74, 6) is -0.646. The van der Waals surface area contributed by atoms with Crippen molar-refractivity contribution in [3.8, 4) is 0 Å². The molecule has 142 valence electrons. The number of hydrogen-bond acceptors (Lipinski definition) is 1. The van der Waals surface area contributed by atoms with Gasteiger partial charge < -0.3 is 5.11 Å². The third-order valence-corrected chi connectivity index (χ3v) is 5.70. The van der Waals surface area contributed by atoms with Crippen molar-refractivity contribution in [1.29, 1.82) is 0 Å². The van der Waals surface area contributed by atoms with E-state index in [9.17, 15) is 9.90 Å². The van der Waals surface area contributed by atoms with E-state index in [1.807, 2.05) is 0 Å². The smallest absolute Gasteiger partial charge is 0.306 e. The number of carboxylic acid groups (broad SMARTS) is 1. The molecule has 2 nitrogen and oxygen atoms in total. The first kappa shape index (κ1) is 21.5. The van der Waals surface area contributed by atoms with Gasteiger partial charge in [0.2, 0.25) is 0 Å². The molecule has 2 heteroatoms. The Balaban J connectivity index is 2.21. The van der Waals surface area contributed by atoms with E-state index in [1.54, 1.807) is 0 Å². The molecule has 0 aromatic heterocycles. The Hall–Kier alpha value is -0.530. The molecule has 0 radical (unpaired) electrons. The summed E-state index contributed by atoms with van der Waals surface area (Å²) in [4.78, 5) is 11.4. The zero-order valence-corrected chi connectivity index (χ0v) is 16.1. The third-order valence-electron chi connectivity index (χ3n) is 5.70. The Morgan fingerprint density at radius 1 is 0.458 bits per heavy atom. The average Bonchev–Trinajstić information content (AvgIpc) is 2.57. The van der Waals surface area contributed by atoms with Crippen LogP contribution in [0.5, 0.6) is 0 Å². The van der Waals surface area contributed by atoms with Crippen molar-refractivity contribution in [3.05, 3.63) is 0 Å². The van der Waals surface area contributed by atoms with Gasteiger partial charge in [0.1, 0.15) is 0 Å². The molecule has 0 unspecified atom stereocenters. The van der Waals surface area contributed by atoms with Crippen LogP contribution in [0.1, 0.15) is 128 Å². The third kappa shape index (κ3) is 12.8. The van der Waals surface area contributed by atoms with Crippen LogP contribution in [0.25, 0.3) is 0 Å². The minimum Gasteiger partial charge on any atom is -0.481 e. The van der Waals surface area contributed by atoms with Gasteiger partial charge in [-0.1, -0.05) is 116 Å². The van der Waals surface area contributed by atoms with Gasteiger partial charge in [0.25, 0.3) is 0 Å². The zero-order chi connectivity index (χ0) is 17.3. The number of carbonyl (C=O) groups is 1. The molecule has 1 aliphatic carbocycles. The first-order valence-corrected chi connectivity index (χ1v) is 11.0. The SMILES string of the molecule is O=C(O)C1CCCCCCCCCCCCCCCCCCCC1. The zero-order valence-electron chi connectivity index (χ0n) is 16.1. The summed E-state index contributed by atoms with van der Waals surface area (Å²) in [5.41, 5.74) is 0. The van der Waals surface area contributed by atoms with E-state index in [0.717, 1.165) is 25.7 Å². The molecule has 0 aromatic rings. The monoisotopic (exact) mass is 338 g/mol. The summed E-state index contributed by atoms with van der Waals surface area (Å²) in [7, 11) is 0. The van der Waals surface area contributed by atoms with Gasteiger partial charge in [-0.05, 0) is 12.8 Å². The second kappa shape index (κ2) is 16.0. The van der Waals surface area contributed by atoms with E-state index < -0.39 is 5.97 Å². The molecular weight excluding hydrogens is 296 g/mol. The van der Waals surface area contributed by atoms with Crippen molar-refractivity contribution >= 4 is 5.97 Å². The van der Waals surface area contributed by atoms with Crippen molar-refractivity contribution in [2.24, 2.45) is 5.92 Å². The predicted molar refractivity (Wildman–Crippen MR) is 103 cm³/mol. The molecular formula is C22H42O2. The summed E-state index contributed by atoms with van der Waals surface area (Å²) in [6.07, 6.45) is 25.9. The molecule has 0 spiro atoms. The van der Waals surface area contributed by atoms with Crippen LogP contribution in [0.2, 0.25) is 0 Å². The standard InChI is InChI=1S/C22H42O2/c23-22(24)21-19-17-15-13-11-9-7-5-3-1-2-4-6-8-10-12-14-16-18-20-21/h21H,1-20H2,(H,23,24). The topological polar surface area (TPSA) is 37.3 Å². The van der Waals surface area contributed by atoms with Crippen molar-refractivity contribution in [2.75, 3.05) is 0 Å². The van der Waals surface area contributed by atoms with Crippen molar-refractivity contribution in [2.45, 2.75) is 128 Å². The molecule has 0 atom stereocenters. The molecule has 0 aromatic carbocycles. The molecule has 0 bridgehead atoms. The van der Waals surface area contributed by atoms with E-state index >= 15 is 0 Å². The van der Waals surface area contributed by atoms with E-state index in [1.165, 1.54) is 103 Å². The number of aliphatic carboxylic acids is 1. The Labute approximate surface area is 150 Å². The van der Waals surface area contributed by atoms with Gasteiger partial charge in [-0.25, -0.2) is 0 Å². The van der Waals surface area contributed by atoms with Crippen LogP contribution in [0.4, 0.5) is 0 Å². The van der Waals surface area contributed by atoms with Gasteiger partial charge in [0.05, 0.1) is 5.92 Å². The van der Waals surface area contributed by atoms with Gasteiger partial charge in [0, 0.05) is 0 Å². The summed E-state index contributed by atoms with van der Waals surface area (Å²) in [5, 5.41) is 9.38. The molecule has 1 fully saturated rings. The lowest BCUT2D eigenvalue weighted by Crippen LogP contribution is -2.13. The fourth-order valence-corrected chi connectivity index (χ4v) is 4.00. The maximum absolute atomic E-state index is 11.4. The fraction of sp³-hybridized carbons (Fsp3) is 0.955. The molecule has 1 aliphatic rings. The minimum absolute atomic E-state index is 0.0842. The van der Waals surface area contributed by atoms with Crippen LogP contribution in [0.15, 0.2) is 0 Å². The van der Waals surface area contributed by atoms with Crippen LogP contribution in [0.3, 0.4) is 0 Å². The lowest BCUT2D eigenvalue weighted by Gasteiger charge is -2.12. The second-order valence-electron chi connectivity index (χ2n) is 7.98. The normalized spacial score (nSPS) is 23.2. The Morgan fingerprint density at radius 2 is 0.667 bits per heavy atom. The molecule has 0 saturated heterocycles. The highest BCUT2D eigenvalue weighted by Gasteiger charge is 2.16. The van der Waals surface area contributed by atoms with Crippen molar-refractivity contribution < 1.29 is 9.90 Å². The largest absolute Gasteiger partial charge is 0.481 e. The highest BCUT2D eigenvalue weighted by molar-refractivity contribution is 5.69. The highest BCUT2D eigenvalue weighted by Crippen LogP contribution is 2.20. The number of rotatable bonds is 1. The molecule has 0 aliphatic heterocycles. The minimum atomic E-state index is -0.562. The average molecular weight is 339 g/mol. The van der Waals surface area contributed by atoms with Gasteiger partial charge in [-0.3, -0.25) is 4.79 Å². The predicted octanol–water partition coefficient (Wildman–Crippen LogP) is 7.50. The van der Waals surface area contributed by atoms with Crippen LogP contribution in [-0.2, 0) is 4.79 Å². The summed E-state index contributed by atoms with van der Waals surface area (Å²) < 4.78 is 0. The van der Waals surface area contributed by atoms with E-state index in [-0.39, 0.29) is 5.92 Å². The van der Waals surface area contributed by atoms with Crippen molar-refractivity contribution in [1.82, 2.24) is 0 Å². The van der Waals surface area contributed by atoms with E-state index in [2.05, 4.69) is 0 Å². The number of hydrogen-bond donors (Lipinski definition) is 1. The number of carboxylic acids is 1. The first-order chi connectivity index (χ1) is 11.8. The van der Waals surface area contributed by atoms with Crippen LogP contribution >= 0.6 is 0 Å². The maximum Gasteiger partial charge on any atom is 0.306 e. The van der Waals surface area contributed by atoms with E-state index in [0.29, 0.717) is 0 Å². The van der Waals surface area contributed by atoms with Gasteiger partial charge in [-0.15, -0.1) is 0 Å². The molecule has 1 N–H and O–H groups in total. The lowest BCUT2D eigenvalue weighted by molar-refractivity contribution is -0.142. The molecule has 24 heavy (non-hydrogen) atoms. The van der Waals surface area contributed by atoms with Gasteiger partial charge in [-0.2, -0.15) is 0 Å². The van der Waals surface area contributed by atoms with Gasteiger partial charge in [0.15, 0.2) is 0 Å². The highest BCUT2D eigenvalue weighted by atomic mass is 16.4. The molecule has 0 amide bonds. The maximum atomic E-state index is 11.4. The molecule has 1 saturated carbocycles. The van der Waals surface area contributed by atoms with E-state index in [4.69, 9.17) is 0 Å². The summed E-state index contributed by atoms with van der Waals surface area (Å²) >= 11 is 0. The Bertz CT molecular complexity index is 266. The second-order valence-corrected chi connectivity index (χ2v) is 7.98. The van der Waals surface area contributed by atoms with Crippen molar-refractivity contribution in [3.63, 3.8) is 0 Å². The fourth-order valence-electron chi connectivity index (χ4n) is 4.00. The Kier molecular flexibility index (Phi) is 14.3. The summed E-state index contributed by atoms with van der Waals surface area (Å²) in [6, 6.07) is 0. The summed E-state index contributed by atoms with van der Waals surface area (Å²) in [6.45, 7) is 0. The van der Waals surface area contributed by atoms with Crippen LogP contribution in [-0.4, -0.2) is 11.1 Å². The van der Waals surface area contributed by atoms with Gasteiger partial charge >= 0.3 is 5.97 Å². The van der Waals surface area contributed by atoms with Crippen LogP contribution in [0, 0.1) is 5.92 Å². The molecule has 0 heterocycles. The van der Waals surface area contributed by atoms with Crippen LogP contribution < -0.4 is 0 Å². The Morgan fingerprint density at radius 3 is 0.875 bits per heavy atom. The quantitative estimate of drug-likeness (QED) is 0.537. The molecule has 1 rings (SSSR count). The lowest BCUT2D eigenvalue weighted by atomic mass is 9.94.